The van der Waals surface area contributed by atoms with Gasteiger partial charge in [-0.2, -0.15) is 31.4 Å². The number of carbonyl (C=O) groups is 1. The Bertz CT molecular complexity index is 1070. The van der Waals surface area contributed by atoms with E-state index < -0.39 is 54.8 Å². The molecule has 3 rings (SSSR count). The van der Waals surface area contributed by atoms with Crippen LogP contribution in [0, 0.1) is 0 Å². The fraction of sp³-hybridized carbons (Fsp3) is 0.650. The monoisotopic (exact) mass is 512 g/mol. The number of hydrogen-bond donors (Lipinski definition) is 2. The summed E-state index contributed by atoms with van der Waals surface area (Å²) in [7, 11) is 1.34. The Morgan fingerprint density at radius 2 is 1.89 bits per heavy atom. The van der Waals surface area contributed by atoms with Gasteiger partial charge in [-0.15, -0.1) is 0 Å². The summed E-state index contributed by atoms with van der Waals surface area (Å²) in [6, 6.07) is -1.34. The van der Waals surface area contributed by atoms with Crippen LogP contribution < -0.4 is 11.1 Å². The second-order valence-corrected chi connectivity index (χ2v) is 9.04. The van der Waals surface area contributed by atoms with Crippen molar-refractivity contribution in [1.29, 1.82) is 0 Å². The number of rotatable bonds is 8. The maximum absolute atomic E-state index is 13.4. The first-order valence-corrected chi connectivity index (χ1v) is 10.4. The number of nitrogens with two attached hydrogens (primary N) is 1. The average molecular weight is 512 g/mol. The van der Waals surface area contributed by atoms with E-state index in [1.807, 2.05) is 5.32 Å². The molecule has 2 unspecified atom stereocenters. The Hall–Kier alpha value is -2.65. The molecular formula is C20H26F6N6O3. The number of imidazole rings is 1. The van der Waals surface area contributed by atoms with Crippen LogP contribution in [0.1, 0.15) is 44.1 Å². The maximum Gasteiger partial charge on any atom is 0.416 e. The molecule has 196 valence electrons. The van der Waals surface area contributed by atoms with Crippen molar-refractivity contribution in [3.8, 4) is 0 Å². The molecule has 2 aromatic heterocycles. The van der Waals surface area contributed by atoms with E-state index in [9.17, 15) is 31.1 Å². The molecule has 0 saturated carbocycles. The lowest BCUT2D eigenvalue weighted by Crippen LogP contribution is -2.53. The van der Waals surface area contributed by atoms with Crippen LogP contribution in [0.4, 0.5) is 31.1 Å². The molecule has 3 heterocycles. The summed E-state index contributed by atoms with van der Waals surface area (Å²) in [5, 5.41) is 6.14. The molecular weight excluding hydrogens is 486 g/mol. The zero-order chi connectivity index (χ0) is 26.4. The van der Waals surface area contributed by atoms with E-state index in [1.165, 1.54) is 30.1 Å². The van der Waals surface area contributed by atoms with Gasteiger partial charge < -0.3 is 25.4 Å². The summed E-state index contributed by atoms with van der Waals surface area (Å²) < 4.78 is 90.7. The van der Waals surface area contributed by atoms with E-state index in [2.05, 4.69) is 10.1 Å². The van der Waals surface area contributed by atoms with Gasteiger partial charge in [-0.25, -0.2) is 14.3 Å². The van der Waals surface area contributed by atoms with Gasteiger partial charge >= 0.3 is 18.4 Å². The predicted molar refractivity (Wildman–Crippen MR) is 110 cm³/mol. The minimum Gasteiger partial charge on any atom is -0.382 e. The van der Waals surface area contributed by atoms with Crippen molar-refractivity contribution in [3.63, 3.8) is 0 Å². The fourth-order valence-electron chi connectivity index (χ4n) is 3.43. The fourth-order valence-corrected chi connectivity index (χ4v) is 3.43. The molecule has 0 bridgehead atoms. The van der Waals surface area contributed by atoms with Crippen LogP contribution in [-0.2, 0) is 9.47 Å². The molecule has 1 fully saturated rings. The van der Waals surface area contributed by atoms with Crippen LogP contribution in [0.15, 0.2) is 18.5 Å². The predicted octanol–water partition coefficient (Wildman–Crippen LogP) is 3.12. The van der Waals surface area contributed by atoms with Gasteiger partial charge in [0.2, 0.25) is 0 Å². The minimum absolute atomic E-state index is 0.118. The highest BCUT2D eigenvalue weighted by atomic mass is 19.4. The van der Waals surface area contributed by atoms with Crippen molar-refractivity contribution in [3.05, 3.63) is 29.7 Å². The second-order valence-electron chi connectivity index (χ2n) is 9.04. The van der Waals surface area contributed by atoms with Crippen LogP contribution in [0.3, 0.4) is 0 Å². The molecule has 15 heteroatoms. The number of hydrogen-bond acceptors (Lipinski definition) is 6. The number of halogens is 6. The summed E-state index contributed by atoms with van der Waals surface area (Å²) in [5.41, 5.74) is 1.87. The maximum atomic E-state index is 13.4. The summed E-state index contributed by atoms with van der Waals surface area (Å²) >= 11 is 0. The van der Waals surface area contributed by atoms with Gasteiger partial charge in [0.1, 0.15) is 0 Å². The third-order valence-electron chi connectivity index (χ3n) is 5.89. The number of methoxy groups -OCH3 is 1. The van der Waals surface area contributed by atoms with Crippen molar-refractivity contribution in [2.45, 2.75) is 56.3 Å². The minimum atomic E-state index is -4.67. The number of alkyl halides is 6. The Morgan fingerprint density at radius 1 is 1.23 bits per heavy atom. The van der Waals surface area contributed by atoms with E-state index >= 15 is 0 Å². The van der Waals surface area contributed by atoms with Gasteiger partial charge in [0.15, 0.2) is 16.8 Å². The molecule has 1 aliphatic heterocycles. The molecule has 2 aromatic rings. The van der Waals surface area contributed by atoms with Crippen LogP contribution >= 0.6 is 0 Å². The number of fused-ring (bicyclic) bond motifs is 1. The van der Waals surface area contributed by atoms with E-state index in [0.29, 0.717) is 5.56 Å². The molecule has 9 nitrogen and oxygen atoms in total. The van der Waals surface area contributed by atoms with Crippen molar-refractivity contribution < 1.29 is 40.6 Å². The Kier molecular flexibility index (Phi) is 7.00. The number of aromatic nitrogens is 3. The van der Waals surface area contributed by atoms with Crippen molar-refractivity contribution >= 4 is 11.7 Å². The van der Waals surface area contributed by atoms with Gasteiger partial charge in [0.25, 0.3) is 0 Å². The Labute approximate surface area is 196 Å². The molecule has 0 aliphatic carbocycles. The average Bonchev–Trinajstić information content (AvgIpc) is 3.29. The topological polar surface area (TPSA) is 107 Å². The molecule has 3 N–H and O–H groups in total. The summed E-state index contributed by atoms with van der Waals surface area (Å²) in [4.78, 5) is 17.7. The molecule has 0 aromatic carbocycles. The lowest BCUT2D eigenvalue weighted by Gasteiger charge is -2.29. The smallest absolute Gasteiger partial charge is 0.382 e. The molecule has 2 amide bonds. The number of amides is 2. The first kappa shape index (κ1) is 26.9. The number of nitrogens with zero attached hydrogens (tertiary/aromatic N) is 4. The van der Waals surface area contributed by atoms with E-state index in [-0.39, 0.29) is 17.9 Å². The lowest BCUT2D eigenvalue weighted by atomic mass is 10.0. The van der Waals surface area contributed by atoms with Crippen LogP contribution in [0.25, 0.3) is 5.65 Å². The van der Waals surface area contributed by atoms with Crippen molar-refractivity contribution in [2.24, 2.45) is 5.73 Å². The largest absolute Gasteiger partial charge is 0.416 e. The van der Waals surface area contributed by atoms with Gasteiger partial charge in [0.05, 0.1) is 49.9 Å². The standard InChI is InChI=1S/C20H26F6N6O3/c1-17(2,19(21,22)23)35-8-12(27)13-7-32-15(29-13)5-11(6-28-32)14(9-34-4)31-10-18(3,20(24,25)26)30-16(31)33/h5-7,12,14H,8-10,27H2,1-4H3,(H,30,33)/t12?,14?,18-/m0/s1. The number of urea groups is 1. The molecule has 0 radical (unpaired) electrons. The first-order chi connectivity index (χ1) is 16.0. The van der Waals surface area contributed by atoms with Gasteiger partial charge in [-0.05, 0) is 26.8 Å². The summed E-state index contributed by atoms with van der Waals surface area (Å²) in [6.07, 6.45) is -6.52. The number of nitrogens with one attached hydrogen (secondary N) is 1. The van der Waals surface area contributed by atoms with Gasteiger partial charge in [-0.1, -0.05) is 0 Å². The molecule has 3 atom stereocenters. The SMILES string of the molecule is COCC(c1cnn2cc(C(N)COC(C)(C)C(F)(F)F)nc2c1)N1C[C@@](C)(C(F)(F)F)NC1=O. The zero-order valence-corrected chi connectivity index (χ0v) is 19.4. The molecule has 1 saturated heterocycles. The molecule has 0 spiro atoms. The number of carbonyl (C=O) groups excluding carboxylic acids is 1. The Balaban J connectivity index is 1.84. The van der Waals surface area contributed by atoms with Crippen molar-refractivity contribution in [1.82, 2.24) is 24.8 Å². The highest BCUT2D eigenvalue weighted by molar-refractivity contribution is 5.78. The van der Waals surface area contributed by atoms with Crippen molar-refractivity contribution in [2.75, 3.05) is 26.9 Å². The van der Waals surface area contributed by atoms with Crippen LogP contribution in [0.2, 0.25) is 0 Å². The van der Waals surface area contributed by atoms with Gasteiger partial charge in [0, 0.05) is 12.7 Å². The van der Waals surface area contributed by atoms with Gasteiger partial charge in [-0.3, -0.25) is 0 Å². The van der Waals surface area contributed by atoms with Crippen LogP contribution in [0.5, 0.6) is 0 Å². The third-order valence-corrected chi connectivity index (χ3v) is 5.89. The summed E-state index contributed by atoms with van der Waals surface area (Å²) in [5.74, 6) is 0. The van der Waals surface area contributed by atoms with Crippen LogP contribution in [-0.4, -0.2) is 75.9 Å². The zero-order valence-electron chi connectivity index (χ0n) is 19.4. The normalized spacial score (nSPS) is 21.5. The highest BCUT2D eigenvalue weighted by Crippen LogP contribution is 2.37. The third kappa shape index (κ3) is 5.30. The van der Waals surface area contributed by atoms with E-state index in [0.717, 1.165) is 25.7 Å². The lowest BCUT2D eigenvalue weighted by molar-refractivity contribution is -0.264. The second kappa shape index (κ2) is 9.09. The Morgan fingerprint density at radius 3 is 2.43 bits per heavy atom. The number of ether oxygens (including phenoxy) is 2. The molecule has 35 heavy (non-hydrogen) atoms. The summed E-state index contributed by atoms with van der Waals surface area (Å²) in [6.45, 7) is 1.41. The highest BCUT2D eigenvalue weighted by Gasteiger charge is 2.58. The van der Waals surface area contributed by atoms with E-state index in [1.54, 1.807) is 0 Å². The molecule has 1 aliphatic rings. The first-order valence-electron chi connectivity index (χ1n) is 10.4. The van der Waals surface area contributed by atoms with E-state index in [4.69, 9.17) is 15.2 Å². The quantitative estimate of drug-likeness (QED) is 0.527.